The van der Waals surface area contributed by atoms with Gasteiger partial charge < -0.3 is 5.11 Å². The molecule has 0 aromatic rings. The minimum Gasteiger partial charge on any atom is -0.478 e. The van der Waals surface area contributed by atoms with Crippen molar-refractivity contribution in [3.05, 3.63) is 17.3 Å². The van der Waals surface area contributed by atoms with Crippen LogP contribution in [0.5, 0.6) is 0 Å². The summed E-state index contributed by atoms with van der Waals surface area (Å²) in [6.07, 6.45) is 0.826. The summed E-state index contributed by atoms with van der Waals surface area (Å²) in [5.74, 6) is -1.04. The second-order valence-electron chi connectivity index (χ2n) is 0.758. The summed E-state index contributed by atoms with van der Waals surface area (Å²) < 4.78 is 0. The van der Waals surface area contributed by atoms with Crippen molar-refractivity contribution in [3.8, 4) is 0 Å². The zero-order chi connectivity index (χ0) is 5.70. The van der Waals surface area contributed by atoms with Crippen LogP contribution in [0.25, 0.3) is 0 Å². The highest BCUT2D eigenvalue weighted by Gasteiger charge is 1.77. The van der Waals surface area contributed by atoms with E-state index in [0.29, 0.717) is 0 Å². The predicted octanol–water partition coefficient (Wildman–Crippen LogP) is 0.979. The summed E-state index contributed by atoms with van der Waals surface area (Å²) in [6.45, 7) is 0. The van der Waals surface area contributed by atoms with Crippen molar-refractivity contribution in [2.45, 2.75) is 0 Å². The Hall–Kier alpha value is -0.720. The standard InChI is InChI=1S/C4H3ClO2/c5-3-1-2-4(6)7/h2-3H,(H,6,7). The average molecular weight is 119 g/mol. The minimum atomic E-state index is -1.04. The van der Waals surface area contributed by atoms with Gasteiger partial charge in [0, 0.05) is 5.54 Å². The molecular formula is C4H3ClO2. The molecule has 1 N–H and O–H groups in total. The van der Waals surface area contributed by atoms with Gasteiger partial charge in [0.05, 0.1) is 6.08 Å². The third kappa shape index (κ3) is 5.28. The van der Waals surface area contributed by atoms with Crippen LogP contribution < -0.4 is 0 Å². The molecule has 0 amide bonds. The SMILES string of the molecule is O=C(O)C=C=CCl. The molecule has 0 aliphatic carbocycles. The molecule has 0 heterocycles. The smallest absolute Gasteiger partial charge is 0.336 e. The molecule has 0 aromatic carbocycles. The van der Waals surface area contributed by atoms with E-state index in [1.807, 2.05) is 0 Å². The van der Waals surface area contributed by atoms with E-state index in [0.717, 1.165) is 11.6 Å². The van der Waals surface area contributed by atoms with Crippen LogP contribution in [0.1, 0.15) is 0 Å². The van der Waals surface area contributed by atoms with Gasteiger partial charge in [0.1, 0.15) is 0 Å². The van der Waals surface area contributed by atoms with Crippen molar-refractivity contribution in [2.24, 2.45) is 0 Å². The highest BCUT2D eigenvalue weighted by molar-refractivity contribution is 6.25. The van der Waals surface area contributed by atoms with Gasteiger partial charge in [-0.25, -0.2) is 4.79 Å². The molecule has 38 valence electrons. The number of halogens is 1. The summed E-state index contributed by atoms with van der Waals surface area (Å²) in [4.78, 5) is 9.56. The molecule has 0 saturated heterocycles. The van der Waals surface area contributed by atoms with Gasteiger partial charge in [0.25, 0.3) is 0 Å². The van der Waals surface area contributed by atoms with Crippen molar-refractivity contribution in [3.63, 3.8) is 0 Å². The molecule has 0 unspecified atom stereocenters. The van der Waals surface area contributed by atoms with Crippen LogP contribution in [0, 0.1) is 0 Å². The average Bonchev–Trinajstić information content (AvgIpc) is 1.61. The summed E-state index contributed by atoms with van der Waals surface area (Å²) >= 11 is 4.91. The Kier molecular flexibility index (Phi) is 3.11. The number of rotatable bonds is 1. The van der Waals surface area contributed by atoms with Crippen LogP contribution in [0.3, 0.4) is 0 Å². The van der Waals surface area contributed by atoms with Gasteiger partial charge in [-0.05, 0) is 0 Å². The van der Waals surface area contributed by atoms with E-state index >= 15 is 0 Å². The molecule has 0 aliphatic heterocycles. The molecule has 0 aromatic heterocycles. The van der Waals surface area contributed by atoms with Gasteiger partial charge in [-0.1, -0.05) is 11.6 Å². The van der Waals surface area contributed by atoms with Crippen LogP contribution >= 0.6 is 11.6 Å². The maximum Gasteiger partial charge on any atom is 0.336 e. The molecule has 0 spiro atoms. The number of carboxylic acids is 1. The quantitative estimate of drug-likeness (QED) is 0.412. The Bertz CT molecular complexity index is 122. The highest BCUT2D eigenvalue weighted by Crippen LogP contribution is 1.71. The minimum absolute atomic E-state index is 0.826. The van der Waals surface area contributed by atoms with Crippen molar-refractivity contribution in [1.82, 2.24) is 0 Å². The van der Waals surface area contributed by atoms with E-state index < -0.39 is 5.97 Å². The molecule has 0 atom stereocenters. The summed E-state index contributed by atoms with van der Waals surface area (Å²) in [6, 6.07) is 0. The van der Waals surface area contributed by atoms with Gasteiger partial charge in [-0.2, -0.15) is 0 Å². The number of carbonyl (C=O) groups is 1. The molecular weight excluding hydrogens is 115 g/mol. The summed E-state index contributed by atoms with van der Waals surface area (Å²) in [5.41, 5.74) is 3.17. The van der Waals surface area contributed by atoms with Crippen LogP contribution in [-0.4, -0.2) is 11.1 Å². The topological polar surface area (TPSA) is 37.3 Å². The summed E-state index contributed by atoms with van der Waals surface area (Å²) in [7, 11) is 0. The lowest BCUT2D eigenvalue weighted by molar-refractivity contribution is -0.131. The van der Waals surface area contributed by atoms with E-state index in [1.54, 1.807) is 0 Å². The van der Waals surface area contributed by atoms with Crippen LogP contribution in [0.4, 0.5) is 0 Å². The van der Waals surface area contributed by atoms with Crippen molar-refractivity contribution in [1.29, 1.82) is 0 Å². The fraction of sp³-hybridized carbons (Fsp3) is 0. The Balaban J connectivity index is 3.70. The number of hydrogen-bond donors (Lipinski definition) is 1. The molecule has 7 heavy (non-hydrogen) atoms. The van der Waals surface area contributed by atoms with Crippen LogP contribution in [-0.2, 0) is 4.79 Å². The Morgan fingerprint density at radius 1 is 1.86 bits per heavy atom. The number of aliphatic carboxylic acids is 1. The molecule has 0 rings (SSSR count). The van der Waals surface area contributed by atoms with Crippen molar-refractivity contribution in [2.75, 3.05) is 0 Å². The number of carboxylic acid groups (broad SMARTS) is 1. The highest BCUT2D eigenvalue weighted by atomic mass is 35.5. The van der Waals surface area contributed by atoms with E-state index in [9.17, 15) is 4.79 Å². The van der Waals surface area contributed by atoms with Gasteiger partial charge >= 0.3 is 5.97 Å². The first-order chi connectivity index (χ1) is 3.27. The van der Waals surface area contributed by atoms with E-state index in [2.05, 4.69) is 5.73 Å². The lowest BCUT2D eigenvalue weighted by Gasteiger charge is -1.66. The fourth-order valence-electron chi connectivity index (χ4n) is 0.103. The lowest BCUT2D eigenvalue weighted by atomic mass is 10.6. The first kappa shape index (κ1) is 6.28. The third-order valence-corrected chi connectivity index (χ3v) is 0.396. The first-order valence-corrected chi connectivity index (χ1v) is 1.95. The maximum absolute atomic E-state index is 9.56. The molecule has 0 bridgehead atoms. The fourth-order valence-corrected chi connectivity index (χ4v) is 0.166. The lowest BCUT2D eigenvalue weighted by Crippen LogP contribution is -1.82. The second-order valence-corrected chi connectivity index (χ2v) is 0.977. The van der Waals surface area contributed by atoms with Gasteiger partial charge in [0.15, 0.2) is 0 Å². The predicted molar refractivity (Wildman–Crippen MR) is 26.1 cm³/mol. The molecule has 0 saturated carbocycles. The Morgan fingerprint density at radius 2 is 2.43 bits per heavy atom. The Morgan fingerprint density at radius 3 is 2.57 bits per heavy atom. The van der Waals surface area contributed by atoms with E-state index in [4.69, 9.17) is 16.7 Å². The van der Waals surface area contributed by atoms with E-state index in [1.165, 1.54) is 0 Å². The number of hydrogen-bond acceptors (Lipinski definition) is 1. The zero-order valence-corrected chi connectivity index (χ0v) is 4.14. The van der Waals surface area contributed by atoms with E-state index in [-0.39, 0.29) is 0 Å². The van der Waals surface area contributed by atoms with Crippen LogP contribution in [0.2, 0.25) is 0 Å². The monoisotopic (exact) mass is 118 g/mol. The molecule has 3 heteroatoms. The maximum atomic E-state index is 9.56. The molecule has 0 aliphatic rings. The zero-order valence-electron chi connectivity index (χ0n) is 3.39. The molecule has 0 fully saturated rings. The van der Waals surface area contributed by atoms with Gasteiger partial charge in [0.2, 0.25) is 0 Å². The van der Waals surface area contributed by atoms with Gasteiger partial charge in [-0.15, -0.1) is 5.73 Å². The normalized spacial score (nSPS) is 6.43. The van der Waals surface area contributed by atoms with Crippen LogP contribution in [0.15, 0.2) is 17.3 Å². The largest absolute Gasteiger partial charge is 0.478 e. The first-order valence-electron chi connectivity index (χ1n) is 1.51. The van der Waals surface area contributed by atoms with Gasteiger partial charge in [-0.3, -0.25) is 0 Å². The Labute approximate surface area is 45.7 Å². The summed E-state index contributed by atoms with van der Waals surface area (Å²) in [5, 5.41) is 7.85. The third-order valence-electron chi connectivity index (χ3n) is 0.270. The molecule has 2 nitrogen and oxygen atoms in total. The molecule has 0 radical (unpaired) electrons. The van der Waals surface area contributed by atoms with Crippen molar-refractivity contribution < 1.29 is 9.90 Å². The second kappa shape index (κ2) is 3.47. The van der Waals surface area contributed by atoms with Crippen molar-refractivity contribution >= 4 is 17.6 Å².